The number of carboxylic acid groups (broad SMARTS) is 1. The van der Waals surface area contributed by atoms with Crippen LogP contribution in [0.25, 0.3) is 0 Å². The second-order valence-electron chi connectivity index (χ2n) is 4.77. The topological polar surface area (TPSA) is 69.6 Å². The van der Waals surface area contributed by atoms with Gasteiger partial charge in [0.2, 0.25) is 0 Å². The zero-order chi connectivity index (χ0) is 15.3. The maximum Gasteiger partial charge on any atom is 0.326 e. The highest BCUT2D eigenvalue weighted by Gasteiger charge is 2.25. The molecule has 110 valence electrons. The molecule has 2 amide bonds. The number of amides is 2. The van der Waals surface area contributed by atoms with E-state index in [1.807, 2.05) is 32.0 Å². The molecule has 0 aliphatic rings. The fraction of sp³-hybridized carbons (Fsp3) is 0.467. The molecule has 2 N–H and O–H groups in total. The second kappa shape index (κ2) is 6.93. The molecule has 1 aromatic rings. The van der Waals surface area contributed by atoms with Gasteiger partial charge in [-0.05, 0) is 30.9 Å². The average molecular weight is 278 g/mol. The van der Waals surface area contributed by atoms with Gasteiger partial charge >= 0.3 is 12.0 Å². The van der Waals surface area contributed by atoms with Crippen LogP contribution < -0.4 is 5.32 Å². The van der Waals surface area contributed by atoms with Crippen molar-refractivity contribution in [1.82, 2.24) is 4.90 Å². The van der Waals surface area contributed by atoms with Crippen LogP contribution in [0.4, 0.5) is 10.5 Å². The summed E-state index contributed by atoms with van der Waals surface area (Å²) in [6, 6.07) is 4.60. The lowest BCUT2D eigenvalue weighted by molar-refractivity contribution is -0.141. The Morgan fingerprint density at radius 2 is 2.00 bits per heavy atom. The highest BCUT2D eigenvalue weighted by molar-refractivity contribution is 5.93. The quantitative estimate of drug-likeness (QED) is 0.870. The van der Waals surface area contributed by atoms with E-state index in [4.69, 9.17) is 5.11 Å². The number of carboxylic acids is 1. The summed E-state index contributed by atoms with van der Waals surface area (Å²) in [4.78, 5) is 24.5. The molecule has 1 aromatic carbocycles. The van der Waals surface area contributed by atoms with Crippen molar-refractivity contribution < 1.29 is 14.7 Å². The van der Waals surface area contributed by atoms with Crippen molar-refractivity contribution in [3.8, 4) is 0 Å². The molecule has 0 aliphatic carbocycles. The average Bonchev–Trinajstić information content (AvgIpc) is 2.41. The molecule has 0 radical (unpaired) electrons. The molecule has 5 heteroatoms. The molecule has 0 saturated carbocycles. The van der Waals surface area contributed by atoms with Crippen LogP contribution in [0, 0.1) is 6.92 Å². The van der Waals surface area contributed by atoms with E-state index in [0.29, 0.717) is 6.42 Å². The van der Waals surface area contributed by atoms with Crippen LogP contribution >= 0.6 is 0 Å². The molecule has 0 heterocycles. The van der Waals surface area contributed by atoms with E-state index in [-0.39, 0.29) is 0 Å². The maximum atomic E-state index is 12.2. The first-order chi connectivity index (χ1) is 9.42. The largest absolute Gasteiger partial charge is 0.480 e. The molecule has 0 aromatic heterocycles. The normalized spacial score (nSPS) is 11.8. The number of urea groups is 1. The summed E-state index contributed by atoms with van der Waals surface area (Å²) in [5, 5.41) is 11.9. The van der Waals surface area contributed by atoms with Crippen molar-refractivity contribution in [3.63, 3.8) is 0 Å². The lowest BCUT2D eigenvalue weighted by Gasteiger charge is -2.25. The van der Waals surface area contributed by atoms with Gasteiger partial charge in [0.1, 0.15) is 6.04 Å². The maximum absolute atomic E-state index is 12.2. The van der Waals surface area contributed by atoms with Crippen LogP contribution in [0.15, 0.2) is 18.2 Å². The SMILES string of the molecule is CCc1cccc(C)c1NC(=O)N(C)C(CC)C(=O)O. The predicted molar refractivity (Wildman–Crippen MR) is 79.1 cm³/mol. The molecule has 0 fully saturated rings. The standard InChI is InChI=1S/C15H22N2O3/c1-5-11-9-7-8-10(3)13(11)16-15(20)17(4)12(6-2)14(18)19/h7-9,12H,5-6H2,1-4H3,(H,16,20)(H,18,19). The number of nitrogens with zero attached hydrogens (tertiary/aromatic N) is 1. The molecule has 1 unspecified atom stereocenters. The Balaban J connectivity index is 2.93. The van der Waals surface area contributed by atoms with E-state index in [2.05, 4.69) is 5.32 Å². The van der Waals surface area contributed by atoms with Gasteiger partial charge < -0.3 is 15.3 Å². The number of aryl methyl sites for hydroxylation is 2. The van der Waals surface area contributed by atoms with Gasteiger partial charge in [-0.15, -0.1) is 0 Å². The summed E-state index contributed by atoms with van der Waals surface area (Å²) in [7, 11) is 1.50. The Labute approximate surface area is 119 Å². The van der Waals surface area contributed by atoms with Crippen LogP contribution in [-0.4, -0.2) is 35.1 Å². The third kappa shape index (κ3) is 3.50. The first-order valence-corrected chi connectivity index (χ1v) is 6.77. The highest BCUT2D eigenvalue weighted by Crippen LogP contribution is 2.21. The van der Waals surface area contributed by atoms with Gasteiger partial charge in [-0.1, -0.05) is 32.0 Å². The molecule has 0 saturated heterocycles. The van der Waals surface area contributed by atoms with E-state index >= 15 is 0 Å². The number of hydrogen-bond acceptors (Lipinski definition) is 2. The van der Waals surface area contributed by atoms with Crippen molar-refractivity contribution in [2.75, 3.05) is 12.4 Å². The monoisotopic (exact) mass is 278 g/mol. The first-order valence-electron chi connectivity index (χ1n) is 6.77. The van der Waals surface area contributed by atoms with Gasteiger partial charge in [-0.25, -0.2) is 9.59 Å². The number of para-hydroxylation sites is 1. The number of carbonyl (C=O) groups excluding carboxylic acids is 1. The third-order valence-corrected chi connectivity index (χ3v) is 3.43. The number of anilines is 1. The second-order valence-corrected chi connectivity index (χ2v) is 4.77. The van der Waals surface area contributed by atoms with Crippen LogP contribution in [-0.2, 0) is 11.2 Å². The Bertz CT molecular complexity index is 500. The number of benzene rings is 1. The lowest BCUT2D eigenvalue weighted by atomic mass is 10.1. The van der Waals surface area contributed by atoms with E-state index in [9.17, 15) is 9.59 Å². The highest BCUT2D eigenvalue weighted by atomic mass is 16.4. The Morgan fingerprint density at radius 1 is 1.35 bits per heavy atom. The molecule has 5 nitrogen and oxygen atoms in total. The third-order valence-electron chi connectivity index (χ3n) is 3.43. The van der Waals surface area contributed by atoms with Gasteiger partial charge in [0.15, 0.2) is 0 Å². The number of likely N-dealkylation sites (N-methyl/N-ethyl adjacent to an activating group) is 1. The predicted octanol–water partition coefficient (Wildman–Crippen LogP) is 2.88. The summed E-state index contributed by atoms with van der Waals surface area (Å²) in [5.41, 5.74) is 2.77. The van der Waals surface area contributed by atoms with Crippen LogP contribution in [0.2, 0.25) is 0 Å². The van der Waals surface area contributed by atoms with Gasteiger partial charge in [0.05, 0.1) is 0 Å². The Hall–Kier alpha value is -2.04. The summed E-state index contributed by atoms with van der Waals surface area (Å²) in [6.07, 6.45) is 1.17. The van der Waals surface area contributed by atoms with Gasteiger partial charge in [0, 0.05) is 12.7 Å². The van der Waals surface area contributed by atoms with E-state index in [1.54, 1.807) is 6.92 Å². The lowest BCUT2D eigenvalue weighted by Crippen LogP contribution is -2.44. The van der Waals surface area contributed by atoms with Crippen molar-refractivity contribution >= 4 is 17.7 Å². The molecular weight excluding hydrogens is 256 g/mol. The molecule has 0 aliphatic heterocycles. The summed E-state index contributed by atoms with van der Waals surface area (Å²) >= 11 is 0. The molecule has 20 heavy (non-hydrogen) atoms. The Morgan fingerprint density at radius 3 is 2.50 bits per heavy atom. The van der Waals surface area contributed by atoms with Gasteiger partial charge in [0.25, 0.3) is 0 Å². The first kappa shape index (κ1) is 16.0. The van der Waals surface area contributed by atoms with E-state index in [0.717, 1.165) is 23.2 Å². The fourth-order valence-electron chi connectivity index (χ4n) is 2.15. The van der Waals surface area contributed by atoms with Gasteiger partial charge in [-0.3, -0.25) is 0 Å². The Kier molecular flexibility index (Phi) is 5.55. The van der Waals surface area contributed by atoms with E-state index in [1.165, 1.54) is 11.9 Å². The summed E-state index contributed by atoms with van der Waals surface area (Å²) < 4.78 is 0. The zero-order valence-electron chi connectivity index (χ0n) is 12.4. The van der Waals surface area contributed by atoms with Crippen LogP contribution in [0.5, 0.6) is 0 Å². The molecule has 0 spiro atoms. The van der Waals surface area contributed by atoms with Crippen LogP contribution in [0.1, 0.15) is 31.4 Å². The summed E-state index contributed by atoms with van der Waals surface area (Å²) in [5.74, 6) is -0.995. The molecular formula is C15H22N2O3. The molecule has 1 atom stereocenters. The van der Waals surface area contributed by atoms with Crippen LogP contribution in [0.3, 0.4) is 0 Å². The number of nitrogens with one attached hydrogen (secondary N) is 1. The minimum absolute atomic E-state index is 0.369. The number of carbonyl (C=O) groups is 2. The van der Waals surface area contributed by atoms with Crippen molar-refractivity contribution in [2.24, 2.45) is 0 Å². The van der Waals surface area contributed by atoms with Crippen molar-refractivity contribution in [1.29, 1.82) is 0 Å². The minimum atomic E-state index is -0.995. The zero-order valence-corrected chi connectivity index (χ0v) is 12.4. The number of rotatable bonds is 5. The number of aliphatic carboxylic acids is 1. The summed E-state index contributed by atoms with van der Waals surface area (Å²) in [6.45, 7) is 5.68. The smallest absolute Gasteiger partial charge is 0.326 e. The van der Waals surface area contributed by atoms with E-state index < -0.39 is 18.0 Å². The van der Waals surface area contributed by atoms with Crippen molar-refractivity contribution in [2.45, 2.75) is 39.7 Å². The fourth-order valence-corrected chi connectivity index (χ4v) is 2.15. The molecule has 1 rings (SSSR count). The molecule has 0 bridgehead atoms. The number of hydrogen-bond donors (Lipinski definition) is 2. The van der Waals surface area contributed by atoms with Gasteiger partial charge in [-0.2, -0.15) is 0 Å². The minimum Gasteiger partial charge on any atom is -0.480 e. The van der Waals surface area contributed by atoms with Crippen molar-refractivity contribution in [3.05, 3.63) is 29.3 Å².